The van der Waals surface area contributed by atoms with Gasteiger partial charge < -0.3 is 5.73 Å². The molecule has 0 aliphatic rings. The molecule has 3 heteroatoms. The topological polar surface area (TPSA) is 26.0 Å². The Labute approximate surface area is 95.2 Å². The molecule has 0 aromatic heterocycles. The predicted molar refractivity (Wildman–Crippen MR) is 64.6 cm³/mol. The van der Waals surface area contributed by atoms with Crippen molar-refractivity contribution in [3.63, 3.8) is 0 Å². The molecule has 1 nitrogen and oxygen atoms in total. The van der Waals surface area contributed by atoms with Crippen molar-refractivity contribution in [3.05, 3.63) is 29.6 Å². The normalized spacial score (nSPS) is 15.0. The van der Waals surface area contributed by atoms with Crippen LogP contribution in [-0.4, -0.2) is 5.25 Å². The molecule has 0 spiro atoms. The van der Waals surface area contributed by atoms with E-state index >= 15 is 0 Å². The second-order valence-electron chi connectivity index (χ2n) is 3.78. The average molecular weight is 227 g/mol. The summed E-state index contributed by atoms with van der Waals surface area (Å²) in [5, 5.41) is 0.416. The van der Waals surface area contributed by atoms with Gasteiger partial charge in [0.05, 0.1) is 0 Å². The highest BCUT2D eigenvalue weighted by molar-refractivity contribution is 8.00. The molecule has 2 atom stereocenters. The number of nitrogens with two attached hydrogens (primary N) is 1. The van der Waals surface area contributed by atoms with Crippen LogP contribution in [-0.2, 0) is 0 Å². The number of benzene rings is 1. The number of rotatable bonds is 4. The highest BCUT2D eigenvalue weighted by Gasteiger charge is 2.14. The van der Waals surface area contributed by atoms with Gasteiger partial charge in [0.25, 0.3) is 0 Å². The van der Waals surface area contributed by atoms with Crippen molar-refractivity contribution in [1.29, 1.82) is 0 Å². The Balaban J connectivity index is 3.02. The van der Waals surface area contributed by atoms with Crippen LogP contribution in [0.4, 0.5) is 4.39 Å². The van der Waals surface area contributed by atoms with E-state index in [1.807, 2.05) is 13.0 Å². The van der Waals surface area contributed by atoms with Crippen molar-refractivity contribution >= 4 is 11.8 Å². The molecular formula is C12H18FNS. The molecule has 15 heavy (non-hydrogen) atoms. The molecule has 0 heterocycles. The molecule has 1 rings (SSSR count). The van der Waals surface area contributed by atoms with Gasteiger partial charge in [0.15, 0.2) is 0 Å². The molecule has 0 aliphatic carbocycles. The van der Waals surface area contributed by atoms with Gasteiger partial charge in [0.1, 0.15) is 5.82 Å². The third-order valence-electron chi connectivity index (χ3n) is 2.38. The molecule has 0 aliphatic heterocycles. The van der Waals surface area contributed by atoms with Gasteiger partial charge in [0.2, 0.25) is 0 Å². The van der Waals surface area contributed by atoms with Gasteiger partial charge in [-0.05, 0) is 25.0 Å². The van der Waals surface area contributed by atoms with E-state index in [2.05, 4.69) is 13.8 Å². The van der Waals surface area contributed by atoms with Crippen LogP contribution in [0.15, 0.2) is 23.1 Å². The first kappa shape index (κ1) is 12.5. The van der Waals surface area contributed by atoms with E-state index in [1.54, 1.807) is 17.8 Å². The molecule has 1 aromatic rings. The van der Waals surface area contributed by atoms with Gasteiger partial charge in [-0.1, -0.05) is 26.0 Å². The van der Waals surface area contributed by atoms with E-state index in [0.717, 1.165) is 12.0 Å². The van der Waals surface area contributed by atoms with Gasteiger partial charge in [-0.2, -0.15) is 0 Å². The molecule has 0 radical (unpaired) electrons. The fourth-order valence-electron chi connectivity index (χ4n) is 1.29. The fourth-order valence-corrected chi connectivity index (χ4v) is 2.43. The van der Waals surface area contributed by atoms with E-state index < -0.39 is 0 Å². The molecule has 1 aromatic carbocycles. The summed E-state index contributed by atoms with van der Waals surface area (Å²) in [6.07, 6.45) is 1.03. The molecule has 0 fully saturated rings. The van der Waals surface area contributed by atoms with Crippen LogP contribution in [0.25, 0.3) is 0 Å². The molecule has 0 saturated carbocycles. The van der Waals surface area contributed by atoms with Crippen molar-refractivity contribution in [2.45, 2.75) is 43.4 Å². The van der Waals surface area contributed by atoms with Crippen molar-refractivity contribution in [2.75, 3.05) is 0 Å². The van der Waals surface area contributed by atoms with Crippen LogP contribution in [0, 0.1) is 5.82 Å². The van der Waals surface area contributed by atoms with E-state index in [1.165, 1.54) is 6.07 Å². The Morgan fingerprint density at radius 2 is 2.07 bits per heavy atom. The lowest BCUT2D eigenvalue weighted by Gasteiger charge is -2.15. The summed E-state index contributed by atoms with van der Waals surface area (Å²) in [5.41, 5.74) is 6.72. The van der Waals surface area contributed by atoms with Crippen LogP contribution in [0.2, 0.25) is 0 Å². The summed E-state index contributed by atoms with van der Waals surface area (Å²) in [5.74, 6) is -0.157. The minimum Gasteiger partial charge on any atom is -0.324 e. The van der Waals surface area contributed by atoms with Crippen LogP contribution in [0.3, 0.4) is 0 Å². The third kappa shape index (κ3) is 3.21. The van der Waals surface area contributed by atoms with Crippen molar-refractivity contribution in [2.24, 2.45) is 5.73 Å². The number of hydrogen-bond donors (Lipinski definition) is 1. The van der Waals surface area contributed by atoms with Crippen LogP contribution in [0.1, 0.15) is 38.8 Å². The van der Waals surface area contributed by atoms with Crippen LogP contribution in [0.5, 0.6) is 0 Å². The number of hydrogen-bond acceptors (Lipinski definition) is 2. The maximum absolute atomic E-state index is 13.6. The van der Waals surface area contributed by atoms with E-state index in [0.29, 0.717) is 10.1 Å². The summed E-state index contributed by atoms with van der Waals surface area (Å²) in [4.78, 5) is 0.710. The smallest absolute Gasteiger partial charge is 0.137 e. The first-order valence-electron chi connectivity index (χ1n) is 5.26. The summed E-state index contributed by atoms with van der Waals surface area (Å²) < 4.78 is 13.6. The lowest BCUT2D eigenvalue weighted by atomic mass is 10.1. The minimum atomic E-state index is -0.157. The van der Waals surface area contributed by atoms with Gasteiger partial charge in [0, 0.05) is 16.2 Å². The molecule has 0 amide bonds. The fraction of sp³-hybridized carbons (Fsp3) is 0.500. The maximum atomic E-state index is 13.6. The lowest BCUT2D eigenvalue weighted by molar-refractivity contribution is 0.591. The van der Waals surface area contributed by atoms with Gasteiger partial charge in [-0.3, -0.25) is 0 Å². The standard InChI is InChI=1S/C12H18FNS/c1-4-8(2)15-12-10(9(3)14)6-5-7-11(12)13/h5-9H,4,14H2,1-3H3. The van der Waals surface area contributed by atoms with E-state index in [-0.39, 0.29) is 11.9 Å². The Kier molecular flexibility index (Phi) is 4.61. The largest absolute Gasteiger partial charge is 0.324 e. The van der Waals surface area contributed by atoms with E-state index in [4.69, 9.17) is 5.73 Å². The molecule has 84 valence electrons. The molecule has 0 saturated heterocycles. The second-order valence-corrected chi connectivity index (χ2v) is 5.23. The Hall–Kier alpha value is -0.540. The molecule has 2 unspecified atom stereocenters. The average Bonchev–Trinajstić information content (AvgIpc) is 2.20. The SMILES string of the molecule is CCC(C)Sc1c(F)cccc1C(C)N. The summed E-state index contributed by atoms with van der Waals surface area (Å²) >= 11 is 1.57. The zero-order valence-electron chi connectivity index (χ0n) is 9.46. The predicted octanol–water partition coefficient (Wildman–Crippen LogP) is 3.74. The van der Waals surface area contributed by atoms with Gasteiger partial charge in [-0.25, -0.2) is 4.39 Å². The van der Waals surface area contributed by atoms with Crippen molar-refractivity contribution in [1.82, 2.24) is 0 Å². The summed E-state index contributed by atoms with van der Waals surface area (Å²) in [7, 11) is 0. The van der Waals surface area contributed by atoms with Crippen molar-refractivity contribution in [3.8, 4) is 0 Å². The minimum absolute atomic E-state index is 0.118. The zero-order valence-corrected chi connectivity index (χ0v) is 10.3. The first-order valence-corrected chi connectivity index (χ1v) is 6.14. The highest BCUT2D eigenvalue weighted by atomic mass is 32.2. The van der Waals surface area contributed by atoms with Crippen LogP contribution >= 0.6 is 11.8 Å². The third-order valence-corrected chi connectivity index (χ3v) is 3.78. The van der Waals surface area contributed by atoms with Gasteiger partial charge in [-0.15, -0.1) is 11.8 Å². The monoisotopic (exact) mass is 227 g/mol. The Morgan fingerprint density at radius 3 is 2.60 bits per heavy atom. The number of halogens is 1. The number of thioether (sulfide) groups is 1. The molecular weight excluding hydrogens is 209 g/mol. The van der Waals surface area contributed by atoms with Gasteiger partial charge >= 0.3 is 0 Å². The Bertz CT molecular complexity index is 325. The quantitative estimate of drug-likeness (QED) is 0.793. The summed E-state index contributed by atoms with van der Waals surface area (Å²) in [6.45, 7) is 6.08. The van der Waals surface area contributed by atoms with Crippen LogP contribution < -0.4 is 5.73 Å². The van der Waals surface area contributed by atoms with E-state index in [9.17, 15) is 4.39 Å². The zero-order chi connectivity index (χ0) is 11.4. The molecule has 2 N–H and O–H groups in total. The lowest BCUT2D eigenvalue weighted by Crippen LogP contribution is -2.08. The summed E-state index contributed by atoms with van der Waals surface area (Å²) in [6, 6.07) is 5.00. The van der Waals surface area contributed by atoms with Crippen molar-refractivity contribution < 1.29 is 4.39 Å². The second kappa shape index (κ2) is 5.52. The maximum Gasteiger partial charge on any atom is 0.137 e. The first-order chi connectivity index (χ1) is 7.06. The Morgan fingerprint density at radius 1 is 1.40 bits per heavy atom. The molecule has 0 bridgehead atoms. The highest BCUT2D eigenvalue weighted by Crippen LogP contribution is 2.33.